The summed E-state index contributed by atoms with van der Waals surface area (Å²) in [6, 6.07) is 0. The summed E-state index contributed by atoms with van der Waals surface area (Å²) in [6.45, 7) is 10.4. The standard InChI is InChI=1S/C5H13N.C2H6.CH2O2/c1-4-6(3)5-2;1-2;2-1-3/h4-5H2,1-3H3;1-2H3;1H,(H,2,3). The molecular formula is C8H21NO2. The van der Waals surface area contributed by atoms with Crippen LogP contribution >= 0.6 is 0 Å². The molecule has 0 aromatic carbocycles. The average Bonchev–Trinajstić information content (AvgIpc) is 2.08. The van der Waals surface area contributed by atoms with Crippen LogP contribution in [0.1, 0.15) is 27.7 Å². The van der Waals surface area contributed by atoms with Crippen molar-refractivity contribution in [3.05, 3.63) is 0 Å². The monoisotopic (exact) mass is 163 g/mol. The van der Waals surface area contributed by atoms with E-state index >= 15 is 0 Å². The Kier molecular flexibility index (Phi) is 34.7. The molecule has 0 radical (unpaired) electrons. The van der Waals surface area contributed by atoms with E-state index in [0.717, 1.165) is 13.1 Å². The Bertz CT molecular complexity index is 54.1. The van der Waals surface area contributed by atoms with Gasteiger partial charge in [0.05, 0.1) is 0 Å². The number of rotatable bonds is 2. The summed E-state index contributed by atoms with van der Waals surface area (Å²) in [6.07, 6.45) is 0. The molecule has 11 heavy (non-hydrogen) atoms. The summed E-state index contributed by atoms with van der Waals surface area (Å²) >= 11 is 0. The quantitative estimate of drug-likeness (QED) is 0.630. The van der Waals surface area contributed by atoms with E-state index in [1.165, 1.54) is 0 Å². The largest absolute Gasteiger partial charge is 0.483 e. The SMILES string of the molecule is CC.CCN(C)CC.O=CO. The molecule has 0 aromatic rings. The van der Waals surface area contributed by atoms with Gasteiger partial charge in [-0.1, -0.05) is 27.7 Å². The minimum atomic E-state index is -0.250. The van der Waals surface area contributed by atoms with Crippen molar-refractivity contribution in [2.24, 2.45) is 0 Å². The highest BCUT2D eigenvalue weighted by atomic mass is 16.3. The number of hydrogen-bond donors (Lipinski definition) is 1. The Morgan fingerprint density at radius 2 is 1.45 bits per heavy atom. The normalized spacial score (nSPS) is 7.09. The zero-order valence-electron chi connectivity index (χ0n) is 8.29. The van der Waals surface area contributed by atoms with Crippen LogP contribution in [-0.4, -0.2) is 36.6 Å². The summed E-state index contributed by atoms with van der Waals surface area (Å²) in [5, 5.41) is 6.89. The fraction of sp³-hybridized carbons (Fsp3) is 0.875. The van der Waals surface area contributed by atoms with Crippen LogP contribution in [0.2, 0.25) is 0 Å². The molecule has 0 aliphatic carbocycles. The third-order valence-electron chi connectivity index (χ3n) is 1.08. The van der Waals surface area contributed by atoms with E-state index in [4.69, 9.17) is 9.90 Å². The lowest BCUT2D eigenvalue weighted by Gasteiger charge is -2.07. The summed E-state index contributed by atoms with van der Waals surface area (Å²) < 4.78 is 0. The maximum atomic E-state index is 8.36. The van der Waals surface area contributed by atoms with E-state index in [0.29, 0.717) is 0 Å². The van der Waals surface area contributed by atoms with Crippen LogP contribution in [0.4, 0.5) is 0 Å². The third kappa shape index (κ3) is 44.2. The van der Waals surface area contributed by atoms with Gasteiger partial charge in [0.1, 0.15) is 0 Å². The second-order valence-electron chi connectivity index (χ2n) is 1.59. The molecule has 70 valence electrons. The second-order valence-corrected chi connectivity index (χ2v) is 1.59. The molecule has 3 nitrogen and oxygen atoms in total. The molecule has 1 N–H and O–H groups in total. The summed E-state index contributed by atoms with van der Waals surface area (Å²) in [5.41, 5.74) is 0. The van der Waals surface area contributed by atoms with Gasteiger partial charge in [0, 0.05) is 0 Å². The fourth-order valence-electron chi connectivity index (χ4n) is 0.224. The second kappa shape index (κ2) is 22.7. The Hall–Kier alpha value is -0.570. The van der Waals surface area contributed by atoms with Crippen molar-refractivity contribution >= 4 is 6.47 Å². The molecule has 0 aliphatic heterocycles. The highest BCUT2D eigenvalue weighted by Crippen LogP contribution is 1.73. The Morgan fingerprint density at radius 3 is 1.45 bits per heavy atom. The molecular weight excluding hydrogens is 142 g/mol. The predicted molar refractivity (Wildman–Crippen MR) is 48.9 cm³/mol. The van der Waals surface area contributed by atoms with Crippen molar-refractivity contribution in [3.8, 4) is 0 Å². The molecule has 0 aromatic heterocycles. The fourth-order valence-corrected chi connectivity index (χ4v) is 0.224. The average molecular weight is 163 g/mol. The molecule has 0 saturated carbocycles. The zero-order chi connectivity index (χ0) is 9.70. The van der Waals surface area contributed by atoms with Crippen LogP contribution < -0.4 is 0 Å². The van der Waals surface area contributed by atoms with Crippen molar-refractivity contribution in [1.29, 1.82) is 0 Å². The minimum Gasteiger partial charge on any atom is -0.483 e. The van der Waals surface area contributed by atoms with Crippen molar-refractivity contribution in [2.45, 2.75) is 27.7 Å². The van der Waals surface area contributed by atoms with Gasteiger partial charge in [-0.15, -0.1) is 0 Å². The minimum absolute atomic E-state index is 0.250. The van der Waals surface area contributed by atoms with E-state index in [-0.39, 0.29) is 6.47 Å². The van der Waals surface area contributed by atoms with Crippen molar-refractivity contribution < 1.29 is 9.90 Å². The molecule has 0 heterocycles. The van der Waals surface area contributed by atoms with Gasteiger partial charge in [-0.05, 0) is 20.1 Å². The van der Waals surface area contributed by atoms with E-state index in [9.17, 15) is 0 Å². The van der Waals surface area contributed by atoms with Crippen molar-refractivity contribution in [2.75, 3.05) is 20.1 Å². The first-order chi connectivity index (χ1) is 5.22. The lowest BCUT2D eigenvalue weighted by molar-refractivity contribution is -0.122. The molecule has 0 unspecified atom stereocenters. The summed E-state index contributed by atoms with van der Waals surface area (Å²) in [4.78, 5) is 10.6. The molecule has 0 amide bonds. The molecule has 0 atom stereocenters. The highest BCUT2D eigenvalue weighted by molar-refractivity contribution is 5.32. The van der Waals surface area contributed by atoms with Crippen molar-refractivity contribution in [1.82, 2.24) is 4.90 Å². The third-order valence-corrected chi connectivity index (χ3v) is 1.08. The molecule has 0 saturated heterocycles. The molecule has 0 fully saturated rings. The Labute approximate surface area is 70.0 Å². The first-order valence-corrected chi connectivity index (χ1v) is 3.99. The molecule has 0 bridgehead atoms. The lowest BCUT2D eigenvalue weighted by Crippen LogP contribution is -2.15. The van der Waals surface area contributed by atoms with Gasteiger partial charge in [0.25, 0.3) is 6.47 Å². The van der Waals surface area contributed by atoms with Crippen LogP contribution in [-0.2, 0) is 4.79 Å². The molecule has 0 spiro atoms. The van der Waals surface area contributed by atoms with Crippen LogP contribution in [0, 0.1) is 0 Å². The number of nitrogens with zero attached hydrogens (tertiary/aromatic N) is 1. The van der Waals surface area contributed by atoms with E-state index in [2.05, 4.69) is 25.8 Å². The van der Waals surface area contributed by atoms with Gasteiger partial charge in [-0.3, -0.25) is 4.79 Å². The number of hydrogen-bond acceptors (Lipinski definition) is 2. The topological polar surface area (TPSA) is 40.5 Å². The van der Waals surface area contributed by atoms with Crippen LogP contribution in [0.15, 0.2) is 0 Å². The van der Waals surface area contributed by atoms with E-state index in [1.807, 2.05) is 13.8 Å². The molecule has 0 aliphatic rings. The smallest absolute Gasteiger partial charge is 0.290 e. The van der Waals surface area contributed by atoms with Crippen LogP contribution in [0.3, 0.4) is 0 Å². The van der Waals surface area contributed by atoms with E-state index in [1.54, 1.807) is 0 Å². The van der Waals surface area contributed by atoms with Crippen LogP contribution in [0.25, 0.3) is 0 Å². The van der Waals surface area contributed by atoms with Gasteiger partial charge in [0.2, 0.25) is 0 Å². The van der Waals surface area contributed by atoms with Crippen LogP contribution in [0.5, 0.6) is 0 Å². The van der Waals surface area contributed by atoms with Gasteiger partial charge < -0.3 is 10.0 Å². The van der Waals surface area contributed by atoms with Gasteiger partial charge in [-0.25, -0.2) is 0 Å². The molecule has 3 heteroatoms. The predicted octanol–water partition coefficient (Wildman–Crippen LogP) is 1.69. The van der Waals surface area contributed by atoms with E-state index < -0.39 is 0 Å². The first-order valence-electron chi connectivity index (χ1n) is 3.99. The Morgan fingerprint density at radius 1 is 1.27 bits per heavy atom. The first kappa shape index (κ1) is 16.8. The van der Waals surface area contributed by atoms with Crippen molar-refractivity contribution in [3.63, 3.8) is 0 Å². The van der Waals surface area contributed by atoms with Gasteiger partial charge in [0.15, 0.2) is 0 Å². The summed E-state index contributed by atoms with van der Waals surface area (Å²) in [5.74, 6) is 0. The maximum absolute atomic E-state index is 8.36. The van der Waals surface area contributed by atoms with Gasteiger partial charge in [-0.2, -0.15) is 0 Å². The number of carbonyl (C=O) groups is 1. The molecule has 0 rings (SSSR count). The summed E-state index contributed by atoms with van der Waals surface area (Å²) in [7, 11) is 2.11. The Balaban J connectivity index is -0.000000109. The zero-order valence-corrected chi connectivity index (χ0v) is 8.29. The number of carboxylic acid groups (broad SMARTS) is 1. The lowest BCUT2D eigenvalue weighted by atomic mass is 10.6. The van der Waals surface area contributed by atoms with Gasteiger partial charge >= 0.3 is 0 Å². The highest BCUT2D eigenvalue weighted by Gasteiger charge is 1.81. The maximum Gasteiger partial charge on any atom is 0.290 e.